The summed E-state index contributed by atoms with van der Waals surface area (Å²) in [6.45, 7) is 6.07. The molecule has 1 fully saturated rings. The molecule has 0 radical (unpaired) electrons. The van der Waals surface area contributed by atoms with Crippen LogP contribution in [0.4, 0.5) is 15.8 Å². The summed E-state index contributed by atoms with van der Waals surface area (Å²) in [6, 6.07) is 5.16. The normalized spacial score (nSPS) is 18.3. The van der Waals surface area contributed by atoms with Crippen LogP contribution in [0.15, 0.2) is 18.2 Å². The number of carbonyl (C=O) groups excluding carboxylic acids is 1. The van der Waals surface area contributed by atoms with E-state index in [0.29, 0.717) is 34.9 Å². The number of aryl methyl sites for hydroxylation is 2. The number of ether oxygens (including phenoxy) is 1. The van der Waals surface area contributed by atoms with Gasteiger partial charge in [0, 0.05) is 47.9 Å². The lowest BCUT2D eigenvalue weighted by atomic mass is 10.0. The average molecular weight is 455 g/mol. The first kappa shape index (κ1) is 21.0. The van der Waals surface area contributed by atoms with Gasteiger partial charge in [-0.15, -0.1) is 11.3 Å². The first-order valence-electron chi connectivity index (χ1n) is 11.1. The Morgan fingerprint density at radius 2 is 2.03 bits per heavy atom. The summed E-state index contributed by atoms with van der Waals surface area (Å²) in [7, 11) is 0. The lowest BCUT2D eigenvalue weighted by Crippen LogP contribution is -2.43. The first-order valence-corrected chi connectivity index (χ1v) is 11.9. The zero-order chi connectivity index (χ0) is 22.4. The quantitative estimate of drug-likeness (QED) is 0.615. The average Bonchev–Trinajstić information content (AvgIpc) is 3.11. The molecule has 1 aromatic carbocycles. The fourth-order valence-corrected chi connectivity index (χ4v) is 5.86. The van der Waals surface area contributed by atoms with Crippen LogP contribution in [0.1, 0.15) is 45.8 Å². The number of aromatic nitrogens is 1. The molecule has 1 saturated heterocycles. The molecule has 2 aliphatic heterocycles. The molecule has 3 N–H and O–H groups in total. The van der Waals surface area contributed by atoms with E-state index in [4.69, 9.17) is 10.5 Å². The maximum atomic E-state index is 15.0. The van der Waals surface area contributed by atoms with E-state index in [0.717, 1.165) is 53.1 Å². The molecule has 4 heterocycles. The standard InChI is InChI=1S/C24H27FN4O2S/c1-13-8-14(2)27-24-20(13)21(26)22(32-24)23(30)28-15-9-17-18(25)10-16(11-19(17)31-12-15)29-6-4-3-5-7-29/h8,10-11,15H,3-7,9,12,26H2,1-2H3,(H,28,30)/t15-/m1/s1. The van der Waals surface area contributed by atoms with Crippen molar-refractivity contribution in [3.63, 3.8) is 0 Å². The molecule has 2 aromatic heterocycles. The zero-order valence-corrected chi connectivity index (χ0v) is 19.2. The number of fused-ring (bicyclic) bond motifs is 2. The predicted octanol–water partition coefficient (Wildman–Crippen LogP) is 4.36. The number of nitrogens with zero attached hydrogens (tertiary/aromatic N) is 2. The second-order valence-electron chi connectivity index (χ2n) is 8.74. The SMILES string of the molecule is Cc1cc(C)c2c(N)c(C(=O)N[C@H]3COc4cc(N5CCCCC5)cc(F)c4C3)sc2n1. The molecule has 8 heteroatoms. The number of hydrogen-bond acceptors (Lipinski definition) is 6. The van der Waals surface area contributed by atoms with Gasteiger partial charge in [-0.05, 0) is 50.8 Å². The fraction of sp³-hybridized carbons (Fsp3) is 0.417. The number of hydrogen-bond donors (Lipinski definition) is 2. The van der Waals surface area contributed by atoms with Gasteiger partial charge in [-0.25, -0.2) is 9.37 Å². The highest BCUT2D eigenvalue weighted by Gasteiger charge is 2.28. The molecule has 168 valence electrons. The molecule has 1 atom stereocenters. The Morgan fingerprint density at radius 1 is 1.25 bits per heavy atom. The lowest BCUT2D eigenvalue weighted by molar-refractivity contribution is 0.0919. The molecule has 0 spiro atoms. The van der Waals surface area contributed by atoms with Crippen molar-refractivity contribution in [3.8, 4) is 5.75 Å². The van der Waals surface area contributed by atoms with Gasteiger partial charge in [0.05, 0.1) is 11.7 Å². The molecule has 0 saturated carbocycles. The number of pyridine rings is 1. The van der Waals surface area contributed by atoms with Crippen molar-refractivity contribution in [3.05, 3.63) is 45.7 Å². The van der Waals surface area contributed by atoms with Crippen molar-refractivity contribution in [1.29, 1.82) is 0 Å². The third-order valence-corrected chi connectivity index (χ3v) is 7.41. The first-order chi connectivity index (χ1) is 15.4. The van der Waals surface area contributed by atoms with Crippen molar-refractivity contribution >= 4 is 38.8 Å². The Bertz CT molecular complexity index is 1200. The summed E-state index contributed by atoms with van der Waals surface area (Å²) in [5.41, 5.74) is 10.0. The highest BCUT2D eigenvalue weighted by Crippen LogP contribution is 2.36. The number of halogens is 1. The second kappa shape index (κ2) is 8.24. The van der Waals surface area contributed by atoms with E-state index in [1.165, 1.54) is 17.8 Å². The molecular formula is C24H27FN4O2S. The summed E-state index contributed by atoms with van der Waals surface area (Å²) < 4.78 is 20.8. The second-order valence-corrected chi connectivity index (χ2v) is 9.74. The number of nitrogens with one attached hydrogen (secondary N) is 1. The zero-order valence-electron chi connectivity index (χ0n) is 18.3. The molecule has 3 aromatic rings. The molecule has 0 unspecified atom stereocenters. The van der Waals surface area contributed by atoms with Crippen LogP contribution in [0.25, 0.3) is 10.2 Å². The molecule has 2 aliphatic rings. The Kier molecular flexibility index (Phi) is 5.41. The number of benzene rings is 1. The maximum Gasteiger partial charge on any atom is 0.263 e. The van der Waals surface area contributed by atoms with Crippen LogP contribution >= 0.6 is 11.3 Å². The van der Waals surface area contributed by atoms with Crippen LogP contribution in [0.5, 0.6) is 5.75 Å². The van der Waals surface area contributed by atoms with Crippen molar-refractivity contribution < 1.29 is 13.9 Å². The summed E-state index contributed by atoms with van der Waals surface area (Å²) in [6.07, 6.45) is 3.86. The number of anilines is 2. The van der Waals surface area contributed by atoms with Gasteiger partial charge in [0.1, 0.15) is 27.9 Å². The van der Waals surface area contributed by atoms with E-state index in [-0.39, 0.29) is 17.8 Å². The minimum absolute atomic E-state index is 0.273. The number of nitrogens with two attached hydrogens (primary N) is 1. The number of piperidine rings is 1. The molecule has 0 aliphatic carbocycles. The predicted molar refractivity (Wildman–Crippen MR) is 126 cm³/mol. The van der Waals surface area contributed by atoms with Gasteiger partial charge in [0.15, 0.2) is 0 Å². The Morgan fingerprint density at radius 3 is 2.81 bits per heavy atom. The molecule has 5 rings (SSSR count). The summed E-state index contributed by atoms with van der Waals surface area (Å²) in [4.78, 5) is 20.9. The van der Waals surface area contributed by atoms with Crippen LogP contribution in [-0.4, -0.2) is 36.6 Å². The van der Waals surface area contributed by atoms with Crippen molar-refractivity contribution in [2.24, 2.45) is 0 Å². The van der Waals surface area contributed by atoms with Crippen LogP contribution in [0, 0.1) is 19.7 Å². The minimum atomic E-state index is -0.328. The summed E-state index contributed by atoms with van der Waals surface area (Å²) in [5, 5.41) is 3.80. The molecule has 32 heavy (non-hydrogen) atoms. The van der Waals surface area contributed by atoms with E-state index >= 15 is 0 Å². The molecule has 6 nitrogen and oxygen atoms in total. The van der Waals surface area contributed by atoms with E-state index in [1.807, 2.05) is 26.0 Å². The van der Waals surface area contributed by atoms with Crippen LogP contribution in [0.3, 0.4) is 0 Å². The van der Waals surface area contributed by atoms with Gasteiger partial charge < -0.3 is 20.7 Å². The Hall–Kier alpha value is -2.87. The number of amides is 1. The van der Waals surface area contributed by atoms with Gasteiger partial charge in [-0.3, -0.25) is 4.79 Å². The third-order valence-electron chi connectivity index (χ3n) is 6.32. The lowest BCUT2D eigenvalue weighted by Gasteiger charge is -2.31. The van der Waals surface area contributed by atoms with Crippen molar-refractivity contribution in [2.45, 2.75) is 45.6 Å². The minimum Gasteiger partial charge on any atom is -0.491 e. The van der Waals surface area contributed by atoms with Crippen LogP contribution < -0.4 is 20.7 Å². The van der Waals surface area contributed by atoms with E-state index in [1.54, 1.807) is 6.07 Å². The highest BCUT2D eigenvalue weighted by molar-refractivity contribution is 7.21. The smallest absolute Gasteiger partial charge is 0.263 e. The topological polar surface area (TPSA) is 80.5 Å². The summed E-state index contributed by atoms with van der Waals surface area (Å²) >= 11 is 1.29. The van der Waals surface area contributed by atoms with Gasteiger partial charge >= 0.3 is 0 Å². The number of thiophene rings is 1. The van der Waals surface area contributed by atoms with Gasteiger partial charge in [-0.2, -0.15) is 0 Å². The maximum absolute atomic E-state index is 15.0. The largest absolute Gasteiger partial charge is 0.491 e. The van der Waals surface area contributed by atoms with E-state index in [2.05, 4.69) is 15.2 Å². The number of rotatable bonds is 3. The van der Waals surface area contributed by atoms with Gasteiger partial charge in [0.25, 0.3) is 5.91 Å². The molecular weight excluding hydrogens is 427 g/mol. The monoisotopic (exact) mass is 454 g/mol. The van der Waals surface area contributed by atoms with E-state index in [9.17, 15) is 9.18 Å². The van der Waals surface area contributed by atoms with Gasteiger partial charge in [-0.1, -0.05) is 0 Å². The van der Waals surface area contributed by atoms with E-state index < -0.39 is 0 Å². The number of carbonyl (C=O) groups is 1. The summed E-state index contributed by atoms with van der Waals surface area (Å²) in [5.74, 6) is 0.0244. The third kappa shape index (κ3) is 3.77. The Balaban J connectivity index is 1.34. The highest BCUT2D eigenvalue weighted by atomic mass is 32.1. The van der Waals surface area contributed by atoms with Crippen LogP contribution in [0.2, 0.25) is 0 Å². The Labute approximate surface area is 190 Å². The van der Waals surface area contributed by atoms with Crippen molar-refractivity contribution in [1.82, 2.24) is 10.3 Å². The van der Waals surface area contributed by atoms with Crippen molar-refractivity contribution in [2.75, 3.05) is 30.3 Å². The van der Waals surface area contributed by atoms with Gasteiger partial charge in [0.2, 0.25) is 0 Å². The molecule has 0 bridgehead atoms. The van der Waals surface area contributed by atoms with Crippen LogP contribution in [-0.2, 0) is 6.42 Å². The molecule has 1 amide bonds. The number of nitrogen functional groups attached to an aromatic ring is 1. The fourth-order valence-electron chi connectivity index (χ4n) is 4.74.